The SMILES string of the molecule is Cc1oc(C)c(-c2ccccc2)c(=O)c1-c1ccccc1. The fraction of sp³-hybridized carbons (Fsp3) is 0.105. The van der Waals surface area contributed by atoms with Gasteiger partial charge in [0, 0.05) is 0 Å². The predicted octanol–water partition coefficient (Wildman–Crippen LogP) is 4.59. The normalized spacial score (nSPS) is 10.6. The Labute approximate surface area is 123 Å². The van der Waals surface area contributed by atoms with Crippen LogP contribution in [0.15, 0.2) is 69.9 Å². The van der Waals surface area contributed by atoms with Crippen LogP contribution in [0.4, 0.5) is 0 Å². The van der Waals surface area contributed by atoms with Gasteiger partial charge in [-0.3, -0.25) is 4.79 Å². The Morgan fingerprint density at radius 2 is 1.05 bits per heavy atom. The molecule has 0 aliphatic heterocycles. The van der Waals surface area contributed by atoms with Gasteiger partial charge in [0.2, 0.25) is 5.43 Å². The highest BCUT2D eigenvalue weighted by atomic mass is 16.3. The smallest absolute Gasteiger partial charge is 0.201 e. The van der Waals surface area contributed by atoms with Gasteiger partial charge in [0.05, 0.1) is 11.1 Å². The molecule has 3 rings (SSSR count). The quantitative estimate of drug-likeness (QED) is 0.685. The van der Waals surface area contributed by atoms with Crippen molar-refractivity contribution < 1.29 is 4.42 Å². The van der Waals surface area contributed by atoms with E-state index in [1.807, 2.05) is 74.5 Å². The third-order valence-corrected chi connectivity index (χ3v) is 3.59. The first-order valence-corrected chi connectivity index (χ1v) is 6.93. The van der Waals surface area contributed by atoms with Crippen LogP contribution in [0.5, 0.6) is 0 Å². The second-order valence-corrected chi connectivity index (χ2v) is 5.03. The molecule has 2 nitrogen and oxygen atoms in total. The third-order valence-electron chi connectivity index (χ3n) is 3.59. The first-order chi connectivity index (χ1) is 10.2. The first kappa shape index (κ1) is 13.4. The first-order valence-electron chi connectivity index (χ1n) is 6.93. The molecule has 0 saturated carbocycles. The molecule has 0 N–H and O–H groups in total. The molecule has 1 heterocycles. The van der Waals surface area contributed by atoms with Crippen LogP contribution in [0.2, 0.25) is 0 Å². The number of benzene rings is 2. The maximum atomic E-state index is 13.0. The summed E-state index contributed by atoms with van der Waals surface area (Å²) in [6.45, 7) is 3.68. The van der Waals surface area contributed by atoms with Crippen molar-refractivity contribution in [1.29, 1.82) is 0 Å². The van der Waals surface area contributed by atoms with Crippen LogP contribution in [-0.4, -0.2) is 0 Å². The van der Waals surface area contributed by atoms with Gasteiger partial charge in [-0.15, -0.1) is 0 Å². The molecule has 0 saturated heterocycles. The van der Waals surface area contributed by atoms with Crippen LogP contribution < -0.4 is 5.43 Å². The van der Waals surface area contributed by atoms with Crippen molar-refractivity contribution in [2.45, 2.75) is 13.8 Å². The molecule has 0 atom stereocenters. The number of rotatable bonds is 2. The van der Waals surface area contributed by atoms with E-state index in [9.17, 15) is 4.79 Å². The molecule has 0 aliphatic carbocycles. The lowest BCUT2D eigenvalue weighted by Gasteiger charge is -2.10. The Bertz CT molecular complexity index is 749. The molecule has 104 valence electrons. The molecule has 0 spiro atoms. The minimum Gasteiger partial charge on any atom is -0.465 e. The van der Waals surface area contributed by atoms with Crippen molar-refractivity contribution in [1.82, 2.24) is 0 Å². The molecule has 2 aromatic carbocycles. The van der Waals surface area contributed by atoms with Crippen LogP contribution in [0.1, 0.15) is 11.5 Å². The summed E-state index contributed by atoms with van der Waals surface area (Å²) in [6.07, 6.45) is 0. The maximum absolute atomic E-state index is 13.0. The Kier molecular flexibility index (Phi) is 3.44. The summed E-state index contributed by atoms with van der Waals surface area (Å²) in [5, 5.41) is 0. The van der Waals surface area contributed by atoms with Crippen LogP contribution in [0.25, 0.3) is 22.3 Å². The predicted molar refractivity (Wildman–Crippen MR) is 85.3 cm³/mol. The summed E-state index contributed by atoms with van der Waals surface area (Å²) < 4.78 is 5.83. The fourth-order valence-electron chi connectivity index (χ4n) is 2.65. The number of hydrogen-bond acceptors (Lipinski definition) is 2. The third kappa shape index (κ3) is 2.40. The molecule has 0 fully saturated rings. The second kappa shape index (κ2) is 5.41. The van der Waals surface area contributed by atoms with Gasteiger partial charge in [0.15, 0.2) is 0 Å². The van der Waals surface area contributed by atoms with Crippen molar-refractivity contribution in [2.75, 3.05) is 0 Å². The van der Waals surface area contributed by atoms with Gasteiger partial charge in [0.1, 0.15) is 11.5 Å². The summed E-state index contributed by atoms with van der Waals surface area (Å²) in [5.41, 5.74) is 3.08. The molecule has 3 aromatic rings. The molecule has 1 aromatic heterocycles. The summed E-state index contributed by atoms with van der Waals surface area (Å²) in [5.74, 6) is 1.31. The fourth-order valence-corrected chi connectivity index (χ4v) is 2.65. The van der Waals surface area contributed by atoms with Gasteiger partial charge in [-0.2, -0.15) is 0 Å². The van der Waals surface area contributed by atoms with Crippen molar-refractivity contribution in [3.05, 3.63) is 82.4 Å². The zero-order chi connectivity index (χ0) is 14.8. The molecule has 2 heteroatoms. The van der Waals surface area contributed by atoms with Crippen molar-refractivity contribution in [2.24, 2.45) is 0 Å². The highest BCUT2D eigenvalue weighted by Gasteiger charge is 2.17. The average molecular weight is 276 g/mol. The van der Waals surface area contributed by atoms with Gasteiger partial charge in [-0.25, -0.2) is 0 Å². The molecule has 0 amide bonds. The van der Waals surface area contributed by atoms with Gasteiger partial charge in [-0.1, -0.05) is 60.7 Å². The lowest BCUT2D eigenvalue weighted by Crippen LogP contribution is -2.11. The highest BCUT2D eigenvalue weighted by Crippen LogP contribution is 2.27. The van der Waals surface area contributed by atoms with Gasteiger partial charge in [-0.05, 0) is 25.0 Å². The lowest BCUT2D eigenvalue weighted by atomic mass is 9.98. The molecule has 0 bridgehead atoms. The zero-order valence-corrected chi connectivity index (χ0v) is 12.1. The Hall–Kier alpha value is -2.61. The van der Waals surface area contributed by atoms with E-state index in [1.54, 1.807) is 0 Å². The minimum atomic E-state index is 0.0219. The molecule has 0 unspecified atom stereocenters. The van der Waals surface area contributed by atoms with E-state index in [4.69, 9.17) is 4.42 Å². The van der Waals surface area contributed by atoms with Crippen LogP contribution in [0.3, 0.4) is 0 Å². The van der Waals surface area contributed by atoms with Gasteiger partial charge in [0.25, 0.3) is 0 Å². The largest absolute Gasteiger partial charge is 0.465 e. The standard InChI is InChI=1S/C19H16O2/c1-13-17(15-9-5-3-6-10-15)19(20)18(14(2)21-13)16-11-7-4-8-12-16/h3-12H,1-2H3. The van der Waals surface area contributed by atoms with E-state index >= 15 is 0 Å². The van der Waals surface area contributed by atoms with Crippen molar-refractivity contribution >= 4 is 0 Å². The number of hydrogen-bond donors (Lipinski definition) is 0. The maximum Gasteiger partial charge on any atom is 0.201 e. The highest BCUT2D eigenvalue weighted by molar-refractivity contribution is 5.74. The van der Waals surface area contributed by atoms with E-state index in [0.717, 1.165) is 11.1 Å². The zero-order valence-electron chi connectivity index (χ0n) is 12.1. The average Bonchev–Trinajstić information content (AvgIpc) is 2.49. The van der Waals surface area contributed by atoms with Crippen LogP contribution >= 0.6 is 0 Å². The van der Waals surface area contributed by atoms with Crippen LogP contribution in [0, 0.1) is 13.8 Å². The Morgan fingerprint density at radius 3 is 1.43 bits per heavy atom. The topological polar surface area (TPSA) is 30.2 Å². The summed E-state index contributed by atoms with van der Waals surface area (Å²) in [6, 6.07) is 19.3. The van der Waals surface area contributed by atoms with E-state index in [2.05, 4.69) is 0 Å². The second-order valence-electron chi connectivity index (χ2n) is 5.03. The van der Waals surface area contributed by atoms with E-state index in [1.165, 1.54) is 0 Å². The lowest BCUT2D eigenvalue weighted by molar-refractivity contribution is 0.489. The van der Waals surface area contributed by atoms with Crippen molar-refractivity contribution in [3.8, 4) is 22.3 Å². The molecular formula is C19H16O2. The minimum absolute atomic E-state index is 0.0219. The Balaban J connectivity index is 2.32. The monoisotopic (exact) mass is 276 g/mol. The summed E-state index contributed by atoms with van der Waals surface area (Å²) >= 11 is 0. The Morgan fingerprint density at radius 1 is 0.667 bits per heavy atom. The van der Waals surface area contributed by atoms with Crippen molar-refractivity contribution in [3.63, 3.8) is 0 Å². The molecule has 0 aliphatic rings. The summed E-state index contributed by atoms with van der Waals surface area (Å²) in [4.78, 5) is 13.0. The van der Waals surface area contributed by atoms with Gasteiger partial charge >= 0.3 is 0 Å². The van der Waals surface area contributed by atoms with E-state index in [0.29, 0.717) is 22.6 Å². The molecular weight excluding hydrogens is 260 g/mol. The van der Waals surface area contributed by atoms with Crippen LogP contribution in [-0.2, 0) is 0 Å². The van der Waals surface area contributed by atoms with E-state index < -0.39 is 0 Å². The molecule has 0 radical (unpaired) electrons. The van der Waals surface area contributed by atoms with E-state index in [-0.39, 0.29) is 5.43 Å². The van der Waals surface area contributed by atoms with Gasteiger partial charge < -0.3 is 4.42 Å². The number of aryl methyl sites for hydroxylation is 2. The molecule has 21 heavy (non-hydrogen) atoms. The summed E-state index contributed by atoms with van der Waals surface area (Å²) in [7, 11) is 0.